The Kier molecular flexibility index (Phi) is 3.43. The van der Waals surface area contributed by atoms with Gasteiger partial charge in [-0.1, -0.05) is 17.7 Å². The maximum absolute atomic E-state index is 10.8. The van der Waals surface area contributed by atoms with Crippen molar-refractivity contribution < 1.29 is 9.90 Å². The number of halogens is 1. The summed E-state index contributed by atoms with van der Waals surface area (Å²) in [6.45, 7) is 1.83. The quantitative estimate of drug-likeness (QED) is 0.741. The Hall–Kier alpha value is -1.13. The zero-order valence-corrected chi connectivity index (χ0v) is 8.45. The first-order valence-corrected chi connectivity index (χ1v) is 4.49. The molecule has 0 aliphatic rings. The highest BCUT2D eigenvalue weighted by Crippen LogP contribution is 2.19. The van der Waals surface area contributed by atoms with E-state index in [1.54, 1.807) is 13.0 Å². The van der Waals surface area contributed by atoms with Crippen LogP contribution >= 0.6 is 11.6 Å². The van der Waals surface area contributed by atoms with Crippen molar-refractivity contribution in [3.8, 4) is 0 Å². The summed E-state index contributed by atoms with van der Waals surface area (Å²) in [4.78, 5) is 14.7. The number of hydrogen-bond acceptors (Lipinski definition) is 3. The number of nitrogens with two attached hydrogens (primary N) is 1. The Balaban J connectivity index is 3.06. The standard InChI is InChI=1S/C9H11ClN2O2/c1-5-2-6(4-12-8(5)10)7(3-11)9(13)14/h2,4,7H,3,11H2,1H3,(H,13,14). The molecular formula is C9H11ClN2O2. The van der Waals surface area contributed by atoms with E-state index in [4.69, 9.17) is 22.4 Å². The number of pyridine rings is 1. The first kappa shape index (κ1) is 10.9. The molecule has 1 unspecified atom stereocenters. The summed E-state index contributed by atoms with van der Waals surface area (Å²) in [5.74, 6) is -1.66. The summed E-state index contributed by atoms with van der Waals surface area (Å²) >= 11 is 5.72. The topological polar surface area (TPSA) is 76.2 Å². The molecule has 0 amide bonds. The van der Waals surface area contributed by atoms with E-state index in [1.807, 2.05) is 0 Å². The van der Waals surface area contributed by atoms with Crippen LogP contribution in [0.15, 0.2) is 12.3 Å². The average molecular weight is 215 g/mol. The van der Waals surface area contributed by atoms with Crippen LogP contribution in [0.1, 0.15) is 17.0 Å². The predicted octanol–water partition coefficient (Wildman–Crippen LogP) is 1.17. The fourth-order valence-electron chi connectivity index (χ4n) is 1.15. The van der Waals surface area contributed by atoms with Crippen LogP contribution in [0.25, 0.3) is 0 Å². The largest absolute Gasteiger partial charge is 0.481 e. The first-order chi connectivity index (χ1) is 6.56. The Bertz CT molecular complexity index is 355. The molecule has 14 heavy (non-hydrogen) atoms. The minimum Gasteiger partial charge on any atom is -0.481 e. The molecule has 76 valence electrons. The van der Waals surface area contributed by atoms with E-state index < -0.39 is 11.9 Å². The average Bonchev–Trinajstić information content (AvgIpc) is 2.11. The van der Waals surface area contributed by atoms with Crippen molar-refractivity contribution >= 4 is 17.6 Å². The highest BCUT2D eigenvalue weighted by molar-refractivity contribution is 6.30. The van der Waals surface area contributed by atoms with Crippen LogP contribution in [0.4, 0.5) is 0 Å². The Morgan fingerprint density at radius 3 is 2.86 bits per heavy atom. The Morgan fingerprint density at radius 2 is 2.43 bits per heavy atom. The molecule has 0 saturated carbocycles. The smallest absolute Gasteiger partial charge is 0.312 e. The number of nitrogens with zero attached hydrogens (tertiary/aromatic N) is 1. The molecule has 0 aliphatic heterocycles. The second kappa shape index (κ2) is 4.39. The zero-order valence-electron chi connectivity index (χ0n) is 7.70. The molecule has 0 bridgehead atoms. The fourth-order valence-corrected chi connectivity index (χ4v) is 1.25. The molecule has 0 spiro atoms. The van der Waals surface area contributed by atoms with Crippen molar-refractivity contribution in [3.63, 3.8) is 0 Å². The number of carboxylic acid groups (broad SMARTS) is 1. The minimum atomic E-state index is -0.948. The van der Waals surface area contributed by atoms with Crippen molar-refractivity contribution in [2.24, 2.45) is 5.73 Å². The second-order valence-corrected chi connectivity index (χ2v) is 3.36. The van der Waals surface area contributed by atoms with Crippen LogP contribution < -0.4 is 5.73 Å². The lowest BCUT2D eigenvalue weighted by molar-refractivity contribution is -0.138. The highest BCUT2D eigenvalue weighted by atomic mass is 35.5. The number of hydrogen-bond donors (Lipinski definition) is 2. The number of carbonyl (C=O) groups is 1. The summed E-state index contributed by atoms with van der Waals surface area (Å²) in [6, 6.07) is 1.70. The molecule has 1 atom stereocenters. The lowest BCUT2D eigenvalue weighted by Crippen LogP contribution is -2.21. The molecular weight excluding hydrogens is 204 g/mol. The summed E-state index contributed by atoms with van der Waals surface area (Å²) in [7, 11) is 0. The maximum Gasteiger partial charge on any atom is 0.312 e. The van der Waals surface area contributed by atoms with Crippen molar-refractivity contribution in [2.45, 2.75) is 12.8 Å². The third-order valence-corrected chi connectivity index (χ3v) is 2.37. The summed E-state index contributed by atoms with van der Waals surface area (Å²) in [6.07, 6.45) is 1.45. The van der Waals surface area contributed by atoms with E-state index in [9.17, 15) is 4.79 Å². The van der Waals surface area contributed by atoms with Gasteiger partial charge in [0.05, 0.1) is 5.92 Å². The molecule has 0 aliphatic carbocycles. The number of aryl methyl sites for hydroxylation is 1. The lowest BCUT2D eigenvalue weighted by Gasteiger charge is -2.10. The molecule has 1 aromatic rings. The van der Waals surface area contributed by atoms with Crippen LogP contribution in [0, 0.1) is 6.92 Å². The van der Waals surface area contributed by atoms with Gasteiger partial charge in [0.15, 0.2) is 0 Å². The van der Waals surface area contributed by atoms with Gasteiger partial charge in [0.25, 0.3) is 0 Å². The van der Waals surface area contributed by atoms with Crippen molar-refractivity contribution in [1.82, 2.24) is 4.98 Å². The first-order valence-electron chi connectivity index (χ1n) is 4.11. The number of aromatic nitrogens is 1. The predicted molar refractivity (Wildman–Crippen MR) is 53.4 cm³/mol. The van der Waals surface area contributed by atoms with Gasteiger partial charge in [-0.05, 0) is 18.1 Å². The van der Waals surface area contributed by atoms with Gasteiger partial charge in [0.1, 0.15) is 5.15 Å². The van der Waals surface area contributed by atoms with E-state index in [1.165, 1.54) is 6.20 Å². The van der Waals surface area contributed by atoms with Gasteiger partial charge < -0.3 is 10.8 Å². The van der Waals surface area contributed by atoms with E-state index in [2.05, 4.69) is 4.98 Å². The molecule has 1 rings (SSSR count). The molecule has 0 radical (unpaired) electrons. The van der Waals surface area contributed by atoms with Crippen molar-refractivity contribution in [2.75, 3.05) is 6.54 Å². The van der Waals surface area contributed by atoms with Crippen molar-refractivity contribution in [3.05, 3.63) is 28.5 Å². The molecule has 1 heterocycles. The van der Waals surface area contributed by atoms with Gasteiger partial charge >= 0.3 is 5.97 Å². The van der Waals surface area contributed by atoms with Gasteiger partial charge in [-0.15, -0.1) is 0 Å². The number of carboxylic acids is 1. The van der Waals surface area contributed by atoms with Crippen molar-refractivity contribution in [1.29, 1.82) is 0 Å². The summed E-state index contributed by atoms with van der Waals surface area (Å²) in [5, 5.41) is 9.23. The molecule has 5 heteroatoms. The molecule has 0 aromatic carbocycles. The molecule has 0 fully saturated rings. The van der Waals surface area contributed by atoms with Gasteiger partial charge in [0, 0.05) is 12.7 Å². The van der Waals surface area contributed by atoms with E-state index in [0.29, 0.717) is 10.7 Å². The van der Waals surface area contributed by atoms with Crippen LogP contribution in [0.5, 0.6) is 0 Å². The number of rotatable bonds is 3. The highest BCUT2D eigenvalue weighted by Gasteiger charge is 2.18. The molecule has 3 N–H and O–H groups in total. The maximum atomic E-state index is 10.8. The summed E-state index contributed by atoms with van der Waals surface area (Å²) < 4.78 is 0. The lowest BCUT2D eigenvalue weighted by atomic mass is 10.0. The zero-order chi connectivity index (χ0) is 10.7. The van der Waals surface area contributed by atoms with Gasteiger partial charge in [0.2, 0.25) is 0 Å². The van der Waals surface area contributed by atoms with E-state index >= 15 is 0 Å². The van der Waals surface area contributed by atoms with Crippen LogP contribution in [-0.4, -0.2) is 22.6 Å². The van der Waals surface area contributed by atoms with Gasteiger partial charge in [-0.2, -0.15) is 0 Å². The minimum absolute atomic E-state index is 0.0537. The third-order valence-electron chi connectivity index (χ3n) is 1.97. The van der Waals surface area contributed by atoms with Crippen LogP contribution in [0.2, 0.25) is 5.15 Å². The SMILES string of the molecule is Cc1cc(C(CN)C(=O)O)cnc1Cl. The normalized spacial score (nSPS) is 12.5. The Labute approximate surface area is 86.7 Å². The molecule has 1 aromatic heterocycles. The van der Waals surface area contributed by atoms with E-state index in [0.717, 1.165) is 5.56 Å². The van der Waals surface area contributed by atoms with Gasteiger partial charge in [-0.25, -0.2) is 4.98 Å². The monoisotopic (exact) mass is 214 g/mol. The fraction of sp³-hybridized carbons (Fsp3) is 0.333. The number of aliphatic carboxylic acids is 1. The van der Waals surface area contributed by atoms with Crippen LogP contribution in [-0.2, 0) is 4.79 Å². The molecule has 0 saturated heterocycles. The third kappa shape index (κ3) is 2.21. The van der Waals surface area contributed by atoms with E-state index in [-0.39, 0.29) is 6.54 Å². The van der Waals surface area contributed by atoms with Crippen LogP contribution in [0.3, 0.4) is 0 Å². The molecule has 4 nitrogen and oxygen atoms in total. The Morgan fingerprint density at radius 1 is 1.79 bits per heavy atom. The second-order valence-electron chi connectivity index (χ2n) is 3.00. The summed E-state index contributed by atoms with van der Waals surface area (Å²) in [5.41, 5.74) is 6.69. The van der Waals surface area contributed by atoms with Gasteiger partial charge in [-0.3, -0.25) is 4.79 Å².